The molecule has 2 N–H and O–H groups in total. The molecule has 1 aromatic carbocycles. The van der Waals surface area contributed by atoms with Crippen LogP contribution in [0.15, 0.2) is 22.7 Å². The summed E-state index contributed by atoms with van der Waals surface area (Å²) in [5.41, 5.74) is 8.07. The van der Waals surface area contributed by atoms with Gasteiger partial charge >= 0.3 is 0 Å². The van der Waals surface area contributed by atoms with Crippen molar-refractivity contribution in [3.63, 3.8) is 0 Å². The molecular weight excluding hydrogens is 316 g/mol. The predicted octanol–water partition coefficient (Wildman–Crippen LogP) is 1.70. The van der Waals surface area contributed by atoms with Crippen LogP contribution in [0.3, 0.4) is 0 Å². The highest BCUT2D eigenvalue weighted by Crippen LogP contribution is 2.29. The lowest BCUT2D eigenvalue weighted by Gasteiger charge is -2.31. The molecule has 1 fully saturated rings. The first-order valence-electron chi connectivity index (χ1n) is 5.89. The third kappa shape index (κ3) is 3.05. The zero-order valence-corrected chi connectivity index (χ0v) is 12.7. The average molecular weight is 333 g/mol. The Labute approximate surface area is 116 Å². The highest BCUT2D eigenvalue weighted by Gasteiger charge is 2.23. The molecule has 1 aromatic rings. The largest absolute Gasteiger partial charge is 0.369 e. The highest BCUT2D eigenvalue weighted by molar-refractivity contribution is 9.10. The standard InChI is InChI=1S/C12H17BrN2O2S/c1-9(14)11-8-10(13)2-3-12(11)15-4-6-18(16,17)7-5-15/h2-3,8-9H,4-7,14H2,1H3. The SMILES string of the molecule is CC(N)c1cc(Br)ccc1N1CCS(=O)(=O)CC1. The Kier molecular flexibility index (Phi) is 3.99. The molecule has 0 spiro atoms. The van der Waals surface area contributed by atoms with E-state index in [4.69, 9.17) is 5.73 Å². The van der Waals surface area contributed by atoms with E-state index >= 15 is 0 Å². The van der Waals surface area contributed by atoms with Crippen molar-refractivity contribution in [2.24, 2.45) is 5.73 Å². The Morgan fingerprint density at radius 2 is 1.94 bits per heavy atom. The van der Waals surface area contributed by atoms with Gasteiger partial charge in [-0.2, -0.15) is 0 Å². The van der Waals surface area contributed by atoms with Gasteiger partial charge in [0.05, 0.1) is 11.5 Å². The summed E-state index contributed by atoms with van der Waals surface area (Å²) in [5, 5.41) is 0. The molecule has 1 unspecified atom stereocenters. The van der Waals surface area contributed by atoms with E-state index in [2.05, 4.69) is 20.8 Å². The van der Waals surface area contributed by atoms with Crippen LogP contribution in [0.5, 0.6) is 0 Å². The third-order valence-corrected chi connectivity index (χ3v) is 5.27. The quantitative estimate of drug-likeness (QED) is 0.895. The van der Waals surface area contributed by atoms with E-state index < -0.39 is 9.84 Å². The Morgan fingerprint density at radius 1 is 1.33 bits per heavy atom. The summed E-state index contributed by atoms with van der Waals surface area (Å²) in [7, 11) is -2.85. The smallest absolute Gasteiger partial charge is 0.153 e. The topological polar surface area (TPSA) is 63.4 Å². The number of halogens is 1. The van der Waals surface area contributed by atoms with Gasteiger partial charge in [0, 0.05) is 29.3 Å². The third-order valence-electron chi connectivity index (χ3n) is 3.17. The lowest BCUT2D eigenvalue weighted by Crippen LogP contribution is -2.41. The monoisotopic (exact) mass is 332 g/mol. The minimum absolute atomic E-state index is 0.0731. The number of anilines is 1. The number of nitrogens with zero attached hydrogens (tertiary/aromatic N) is 1. The van der Waals surface area contributed by atoms with Gasteiger partial charge in [0.1, 0.15) is 0 Å². The summed E-state index contributed by atoms with van der Waals surface area (Å²) in [4.78, 5) is 2.10. The van der Waals surface area contributed by atoms with Crippen LogP contribution in [-0.2, 0) is 9.84 Å². The highest BCUT2D eigenvalue weighted by atomic mass is 79.9. The summed E-state index contributed by atoms with van der Waals surface area (Å²) in [6.45, 7) is 3.03. The molecule has 0 radical (unpaired) electrons. The molecule has 1 aliphatic rings. The number of benzene rings is 1. The molecule has 1 atom stereocenters. The van der Waals surface area contributed by atoms with E-state index in [0.29, 0.717) is 13.1 Å². The fourth-order valence-corrected chi connectivity index (χ4v) is 3.71. The van der Waals surface area contributed by atoms with Gasteiger partial charge in [-0.05, 0) is 30.7 Å². The van der Waals surface area contributed by atoms with Crippen molar-refractivity contribution in [1.29, 1.82) is 0 Å². The van der Waals surface area contributed by atoms with Crippen LogP contribution >= 0.6 is 15.9 Å². The van der Waals surface area contributed by atoms with Gasteiger partial charge in [0.2, 0.25) is 0 Å². The molecule has 6 heteroatoms. The maximum absolute atomic E-state index is 11.4. The first-order chi connectivity index (χ1) is 8.39. The van der Waals surface area contributed by atoms with Crippen molar-refractivity contribution in [1.82, 2.24) is 0 Å². The Bertz CT molecular complexity index is 529. The number of sulfone groups is 1. The van der Waals surface area contributed by atoms with Gasteiger partial charge in [-0.1, -0.05) is 15.9 Å². The predicted molar refractivity (Wildman–Crippen MR) is 77.6 cm³/mol. The summed E-state index contributed by atoms with van der Waals surface area (Å²) in [6.07, 6.45) is 0. The molecule has 0 saturated carbocycles. The fraction of sp³-hybridized carbons (Fsp3) is 0.500. The second kappa shape index (κ2) is 5.19. The maximum Gasteiger partial charge on any atom is 0.153 e. The van der Waals surface area contributed by atoms with Gasteiger partial charge in [-0.15, -0.1) is 0 Å². The molecule has 2 rings (SSSR count). The van der Waals surface area contributed by atoms with E-state index in [1.165, 1.54) is 0 Å². The molecule has 1 aliphatic heterocycles. The second-order valence-electron chi connectivity index (χ2n) is 4.63. The van der Waals surface area contributed by atoms with E-state index in [1.54, 1.807) is 0 Å². The molecule has 18 heavy (non-hydrogen) atoms. The van der Waals surface area contributed by atoms with Crippen LogP contribution in [0.1, 0.15) is 18.5 Å². The van der Waals surface area contributed by atoms with E-state index in [1.807, 2.05) is 25.1 Å². The molecule has 4 nitrogen and oxygen atoms in total. The van der Waals surface area contributed by atoms with Crippen LogP contribution in [0.2, 0.25) is 0 Å². The van der Waals surface area contributed by atoms with Crippen molar-refractivity contribution in [2.75, 3.05) is 29.5 Å². The minimum atomic E-state index is -2.85. The van der Waals surface area contributed by atoms with Gasteiger partial charge in [-0.25, -0.2) is 8.42 Å². The fourth-order valence-electron chi connectivity index (χ4n) is 2.13. The van der Waals surface area contributed by atoms with Gasteiger partial charge in [-0.3, -0.25) is 0 Å². The van der Waals surface area contributed by atoms with E-state index in [-0.39, 0.29) is 17.5 Å². The van der Waals surface area contributed by atoms with E-state index in [0.717, 1.165) is 15.7 Å². The van der Waals surface area contributed by atoms with E-state index in [9.17, 15) is 8.42 Å². The van der Waals surface area contributed by atoms with Crippen molar-refractivity contribution in [2.45, 2.75) is 13.0 Å². The van der Waals surface area contributed by atoms with Crippen molar-refractivity contribution >= 4 is 31.5 Å². The van der Waals surface area contributed by atoms with Crippen LogP contribution in [0, 0.1) is 0 Å². The zero-order valence-electron chi connectivity index (χ0n) is 10.3. The summed E-state index contributed by atoms with van der Waals surface area (Å²) in [6, 6.07) is 5.89. The molecule has 100 valence electrons. The first-order valence-corrected chi connectivity index (χ1v) is 8.51. The van der Waals surface area contributed by atoms with Gasteiger partial charge in [0.15, 0.2) is 9.84 Å². The average Bonchev–Trinajstić information content (AvgIpc) is 2.29. The van der Waals surface area contributed by atoms with Crippen molar-refractivity contribution < 1.29 is 8.42 Å². The maximum atomic E-state index is 11.4. The molecule has 0 amide bonds. The van der Waals surface area contributed by atoms with Crippen LogP contribution in [0.4, 0.5) is 5.69 Å². The Hall–Kier alpha value is -0.590. The number of hydrogen-bond acceptors (Lipinski definition) is 4. The molecule has 0 aliphatic carbocycles. The van der Waals surface area contributed by atoms with Gasteiger partial charge < -0.3 is 10.6 Å². The second-order valence-corrected chi connectivity index (χ2v) is 7.85. The molecular formula is C12H17BrN2O2S. The van der Waals surface area contributed by atoms with Crippen molar-refractivity contribution in [3.05, 3.63) is 28.2 Å². The van der Waals surface area contributed by atoms with Crippen LogP contribution in [-0.4, -0.2) is 33.0 Å². The summed E-state index contributed by atoms with van der Waals surface area (Å²) in [5.74, 6) is 0.447. The number of rotatable bonds is 2. The Balaban J connectivity index is 2.29. The molecule has 0 aromatic heterocycles. The van der Waals surface area contributed by atoms with Crippen molar-refractivity contribution in [3.8, 4) is 0 Å². The molecule has 1 heterocycles. The van der Waals surface area contributed by atoms with Crippen LogP contribution in [0.25, 0.3) is 0 Å². The molecule has 1 saturated heterocycles. The minimum Gasteiger partial charge on any atom is -0.369 e. The lowest BCUT2D eigenvalue weighted by atomic mass is 10.1. The summed E-state index contributed by atoms with van der Waals surface area (Å²) < 4.78 is 23.9. The zero-order chi connectivity index (χ0) is 13.3. The first kappa shape index (κ1) is 13.8. The lowest BCUT2D eigenvalue weighted by molar-refractivity contribution is 0.586. The number of hydrogen-bond donors (Lipinski definition) is 1. The normalized spacial score (nSPS) is 20.7. The molecule has 0 bridgehead atoms. The Morgan fingerprint density at radius 3 is 2.50 bits per heavy atom. The van der Waals surface area contributed by atoms with Gasteiger partial charge in [0.25, 0.3) is 0 Å². The van der Waals surface area contributed by atoms with Crippen LogP contribution < -0.4 is 10.6 Å². The summed E-state index contributed by atoms with van der Waals surface area (Å²) >= 11 is 3.44. The number of nitrogens with two attached hydrogens (primary N) is 1.